The Hall–Kier alpha value is -1.63. The standard InChI is InChI=1S/C14H13F/c15-11-10-13-8-4-5-9-14(13)12-6-2-1-3-7-12/h1-9H,10-11H2. The Bertz CT molecular complexity index is 420. The van der Waals surface area contributed by atoms with Crippen molar-refractivity contribution in [3.05, 3.63) is 60.2 Å². The number of benzene rings is 2. The molecule has 2 aromatic rings. The zero-order valence-corrected chi connectivity index (χ0v) is 8.49. The van der Waals surface area contributed by atoms with Crippen molar-refractivity contribution in [1.82, 2.24) is 0 Å². The Kier molecular flexibility index (Phi) is 3.13. The molecule has 0 radical (unpaired) electrons. The fraction of sp³-hybridized carbons (Fsp3) is 0.143. The van der Waals surface area contributed by atoms with Crippen LogP contribution in [-0.4, -0.2) is 6.67 Å². The maximum absolute atomic E-state index is 12.4. The second-order valence-corrected chi connectivity index (χ2v) is 3.46. The average Bonchev–Trinajstić information content (AvgIpc) is 2.31. The van der Waals surface area contributed by atoms with Crippen LogP contribution in [0.15, 0.2) is 54.6 Å². The molecule has 0 aliphatic carbocycles. The first-order chi connectivity index (χ1) is 7.42. The quantitative estimate of drug-likeness (QED) is 0.705. The Morgan fingerprint density at radius 3 is 2.20 bits per heavy atom. The number of hydrogen-bond donors (Lipinski definition) is 0. The molecule has 0 heterocycles. The molecular formula is C14H13F. The van der Waals surface area contributed by atoms with Crippen LogP contribution in [0.25, 0.3) is 11.1 Å². The number of alkyl halides is 1. The third-order valence-electron chi connectivity index (χ3n) is 2.47. The van der Waals surface area contributed by atoms with Crippen LogP contribution >= 0.6 is 0 Å². The smallest absolute Gasteiger partial charge is 0.0934 e. The molecule has 0 spiro atoms. The first kappa shape index (κ1) is 9.91. The minimum absolute atomic E-state index is 0.302. The van der Waals surface area contributed by atoms with Gasteiger partial charge in [-0.15, -0.1) is 0 Å². The fourth-order valence-corrected chi connectivity index (χ4v) is 1.74. The van der Waals surface area contributed by atoms with E-state index in [0.29, 0.717) is 6.42 Å². The van der Waals surface area contributed by atoms with E-state index in [1.165, 1.54) is 0 Å². The molecule has 0 aromatic heterocycles. The van der Waals surface area contributed by atoms with Gasteiger partial charge in [-0.1, -0.05) is 54.6 Å². The van der Waals surface area contributed by atoms with Crippen molar-refractivity contribution in [2.45, 2.75) is 6.42 Å². The van der Waals surface area contributed by atoms with E-state index in [1.807, 2.05) is 42.5 Å². The van der Waals surface area contributed by atoms with Gasteiger partial charge in [-0.05, 0) is 16.7 Å². The molecule has 0 bridgehead atoms. The first-order valence-corrected chi connectivity index (χ1v) is 5.11. The Labute approximate surface area is 89.4 Å². The minimum atomic E-state index is -0.302. The van der Waals surface area contributed by atoms with E-state index in [1.54, 1.807) is 0 Å². The van der Waals surface area contributed by atoms with E-state index >= 15 is 0 Å². The van der Waals surface area contributed by atoms with Gasteiger partial charge in [0.25, 0.3) is 0 Å². The first-order valence-electron chi connectivity index (χ1n) is 5.11. The SMILES string of the molecule is FCCc1ccccc1-c1ccccc1. The summed E-state index contributed by atoms with van der Waals surface area (Å²) in [7, 11) is 0. The van der Waals surface area contributed by atoms with E-state index in [-0.39, 0.29) is 6.67 Å². The molecule has 2 aromatic carbocycles. The van der Waals surface area contributed by atoms with Gasteiger partial charge in [0.1, 0.15) is 0 Å². The second-order valence-electron chi connectivity index (χ2n) is 3.46. The molecule has 1 heteroatoms. The maximum Gasteiger partial charge on any atom is 0.0934 e. The Morgan fingerprint density at radius 2 is 1.47 bits per heavy atom. The van der Waals surface area contributed by atoms with E-state index < -0.39 is 0 Å². The van der Waals surface area contributed by atoms with Crippen molar-refractivity contribution < 1.29 is 4.39 Å². The zero-order chi connectivity index (χ0) is 10.5. The van der Waals surface area contributed by atoms with Crippen LogP contribution < -0.4 is 0 Å². The summed E-state index contributed by atoms with van der Waals surface area (Å²) in [5.74, 6) is 0. The van der Waals surface area contributed by atoms with Crippen molar-refractivity contribution in [3.63, 3.8) is 0 Å². The molecular weight excluding hydrogens is 187 g/mol. The van der Waals surface area contributed by atoms with Crippen LogP contribution in [-0.2, 0) is 6.42 Å². The summed E-state index contributed by atoms with van der Waals surface area (Å²) in [4.78, 5) is 0. The lowest BCUT2D eigenvalue weighted by atomic mass is 9.98. The normalized spacial score (nSPS) is 10.2. The summed E-state index contributed by atoms with van der Waals surface area (Å²) in [6.45, 7) is -0.302. The van der Waals surface area contributed by atoms with Crippen molar-refractivity contribution in [2.75, 3.05) is 6.67 Å². The number of aryl methyl sites for hydroxylation is 1. The molecule has 0 unspecified atom stereocenters. The van der Waals surface area contributed by atoms with Gasteiger partial charge in [0.15, 0.2) is 0 Å². The maximum atomic E-state index is 12.4. The molecule has 0 fully saturated rings. The molecule has 0 nitrogen and oxygen atoms in total. The zero-order valence-electron chi connectivity index (χ0n) is 8.49. The Morgan fingerprint density at radius 1 is 0.800 bits per heavy atom. The molecule has 0 atom stereocenters. The summed E-state index contributed by atoms with van der Waals surface area (Å²) in [5, 5.41) is 0. The molecule has 0 N–H and O–H groups in total. The predicted octanol–water partition coefficient (Wildman–Crippen LogP) is 3.87. The van der Waals surface area contributed by atoms with Crippen LogP contribution in [0.4, 0.5) is 4.39 Å². The molecule has 0 aliphatic heterocycles. The highest BCUT2D eigenvalue weighted by Gasteiger charge is 2.02. The molecule has 76 valence electrons. The lowest BCUT2D eigenvalue weighted by Gasteiger charge is -2.07. The van der Waals surface area contributed by atoms with Crippen LogP contribution in [0, 0.1) is 0 Å². The molecule has 2 rings (SSSR count). The second kappa shape index (κ2) is 4.74. The highest BCUT2D eigenvalue weighted by Crippen LogP contribution is 2.23. The molecule has 0 saturated carbocycles. The van der Waals surface area contributed by atoms with Crippen LogP contribution in [0.2, 0.25) is 0 Å². The van der Waals surface area contributed by atoms with E-state index in [4.69, 9.17) is 0 Å². The summed E-state index contributed by atoms with van der Waals surface area (Å²) in [5.41, 5.74) is 3.36. The topological polar surface area (TPSA) is 0 Å². The highest BCUT2D eigenvalue weighted by atomic mass is 19.1. The van der Waals surface area contributed by atoms with E-state index in [9.17, 15) is 4.39 Å². The summed E-state index contributed by atoms with van der Waals surface area (Å²) in [6, 6.07) is 18.1. The van der Waals surface area contributed by atoms with Crippen molar-refractivity contribution in [1.29, 1.82) is 0 Å². The van der Waals surface area contributed by atoms with Crippen molar-refractivity contribution >= 4 is 0 Å². The highest BCUT2D eigenvalue weighted by molar-refractivity contribution is 5.67. The van der Waals surface area contributed by atoms with E-state index in [0.717, 1.165) is 16.7 Å². The van der Waals surface area contributed by atoms with Crippen LogP contribution in [0.3, 0.4) is 0 Å². The number of halogens is 1. The summed E-state index contributed by atoms with van der Waals surface area (Å²) < 4.78 is 12.4. The van der Waals surface area contributed by atoms with Gasteiger partial charge in [-0.25, -0.2) is 0 Å². The molecule has 0 amide bonds. The monoisotopic (exact) mass is 200 g/mol. The third-order valence-corrected chi connectivity index (χ3v) is 2.47. The van der Waals surface area contributed by atoms with Crippen LogP contribution in [0.5, 0.6) is 0 Å². The number of rotatable bonds is 3. The lowest BCUT2D eigenvalue weighted by molar-refractivity contribution is 0.495. The van der Waals surface area contributed by atoms with Gasteiger partial charge in [-0.3, -0.25) is 4.39 Å². The summed E-state index contributed by atoms with van der Waals surface area (Å²) in [6.07, 6.45) is 0.491. The van der Waals surface area contributed by atoms with Gasteiger partial charge in [-0.2, -0.15) is 0 Å². The van der Waals surface area contributed by atoms with Gasteiger partial charge in [0.05, 0.1) is 6.67 Å². The fourth-order valence-electron chi connectivity index (χ4n) is 1.74. The minimum Gasteiger partial charge on any atom is -0.251 e. The van der Waals surface area contributed by atoms with Crippen LogP contribution in [0.1, 0.15) is 5.56 Å². The van der Waals surface area contributed by atoms with Gasteiger partial charge >= 0.3 is 0 Å². The largest absolute Gasteiger partial charge is 0.251 e. The van der Waals surface area contributed by atoms with E-state index in [2.05, 4.69) is 12.1 Å². The van der Waals surface area contributed by atoms with Gasteiger partial charge in [0.2, 0.25) is 0 Å². The van der Waals surface area contributed by atoms with Gasteiger partial charge < -0.3 is 0 Å². The van der Waals surface area contributed by atoms with Crippen molar-refractivity contribution in [3.8, 4) is 11.1 Å². The predicted molar refractivity (Wildman–Crippen MR) is 61.6 cm³/mol. The van der Waals surface area contributed by atoms with Crippen molar-refractivity contribution in [2.24, 2.45) is 0 Å². The Balaban J connectivity index is 2.43. The molecule has 15 heavy (non-hydrogen) atoms. The molecule has 0 saturated heterocycles. The third kappa shape index (κ3) is 2.24. The number of hydrogen-bond acceptors (Lipinski definition) is 0. The lowest BCUT2D eigenvalue weighted by Crippen LogP contribution is -1.90. The average molecular weight is 200 g/mol. The van der Waals surface area contributed by atoms with Gasteiger partial charge in [0, 0.05) is 6.42 Å². The molecule has 0 aliphatic rings. The summed E-state index contributed by atoms with van der Waals surface area (Å²) >= 11 is 0.